The Morgan fingerprint density at radius 1 is 1.15 bits per heavy atom. The lowest BCUT2D eigenvalue weighted by atomic mass is 10.0. The smallest absolute Gasteiger partial charge is 0.272 e. The molecule has 4 aromatic rings. The molecule has 3 heterocycles. The van der Waals surface area contributed by atoms with Crippen molar-refractivity contribution >= 4 is 52.1 Å². The third-order valence-electron chi connectivity index (χ3n) is 5.65. The van der Waals surface area contributed by atoms with Gasteiger partial charge >= 0.3 is 0 Å². The normalized spacial score (nSPS) is 15.2. The van der Waals surface area contributed by atoms with Crippen LogP contribution in [0.1, 0.15) is 45.2 Å². The molecule has 0 radical (unpaired) electrons. The lowest BCUT2D eigenvalue weighted by Gasteiger charge is -2.19. The summed E-state index contributed by atoms with van der Waals surface area (Å²) in [6.45, 7) is 2.64. The molecule has 5 nitrogen and oxygen atoms in total. The number of carbonyl (C=O) groups excluding carboxylic acids is 1. The molecule has 8 heteroatoms. The molecule has 0 spiro atoms. The minimum Gasteiger partial charge on any atom is -0.372 e. The molecule has 0 bridgehead atoms. The second-order valence-corrected chi connectivity index (χ2v) is 9.79. The number of aromatic nitrogens is 2. The van der Waals surface area contributed by atoms with E-state index in [0.717, 1.165) is 27.3 Å². The molecule has 1 atom stereocenters. The van der Waals surface area contributed by atoms with E-state index in [1.54, 1.807) is 28.2 Å². The molecule has 1 aliphatic heterocycles. The van der Waals surface area contributed by atoms with Crippen molar-refractivity contribution < 1.29 is 9.53 Å². The van der Waals surface area contributed by atoms with Crippen molar-refractivity contribution in [1.82, 2.24) is 15.1 Å². The molecule has 0 unspecified atom stereocenters. The maximum Gasteiger partial charge on any atom is 0.272 e. The predicted octanol–water partition coefficient (Wildman–Crippen LogP) is 6.80. The van der Waals surface area contributed by atoms with E-state index in [2.05, 4.69) is 11.4 Å². The number of benzene rings is 2. The van der Waals surface area contributed by atoms with Crippen LogP contribution in [-0.2, 0) is 11.3 Å². The Kier molecular flexibility index (Phi) is 6.57. The first-order valence-electron chi connectivity index (χ1n) is 10.8. The van der Waals surface area contributed by atoms with E-state index in [9.17, 15) is 4.79 Å². The summed E-state index contributed by atoms with van der Waals surface area (Å²) in [5, 5.41) is 10.8. The van der Waals surface area contributed by atoms with E-state index in [4.69, 9.17) is 33.0 Å². The van der Waals surface area contributed by atoms with Crippen molar-refractivity contribution in [1.29, 1.82) is 0 Å². The van der Waals surface area contributed by atoms with Gasteiger partial charge in [-0.15, -0.1) is 11.3 Å². The first kappa shape index (κ1) is 22.9. The van der Waals surface area contributed by atoms with Gasteiger partial charge in [0.15, 0.2) is 5.69 Å². The molecule has 2 aromatic carbocycles. The fraction of sp³-hybridized carbons (Fsp3) is 0.154. The zero-order chi connectivity index (χ0) is 23.7. The van der Waals surface area contributed by atoms with Crippen LogP contribution < -0.4 is 5.32 Å². The van der Waals surface area contributed by atoms with E-state index in [1.165, 1.54) is 0 Å². The molecule has 172 valence electrons. The number of rotatable bonds is 5. The number of nitrogens with one attached hydrogen (secondary N) is 1. The summed E-state index contributed by atoms with van der Waals surface area (Å²) in [7, 11) is 0. The molecule has 1 aliphatic rings. The summed E-state index contributed by atoms with van der Waals surface area (Å²) in [4.78, 5) is 14.5. The van der Waals surface area contributed by atoms with Crippen molar-refractivity contribution in [3.63, 3.8) is 0 Å². The van der Waals surface area contributed by atoms with Crippen LogP contribution in [0.5, 0.6) is 0 Å². The highest BCUT2D eigenvalue weighted by Gasteiger charge is 2.30. The van der Waals surface area contributed by atoms with Gasteiger partial charge in [-0.25, -0.2) is 4.68 Å². The summed E-state index contributed by atoms with van der Waals surface area (Å²) in [6.07, 6.45) is 2.07. The van der Waals surface area contributed by atoms with Crippen molar-refractivity contribution in [3.8, 4) is 5.69 Å². The molecular formula is C26H21Cl2N3O2S. The molecule has 2 aromatic heterocycles. The Morgan fingerprint density at radius 2 is 1.97 bits per heavy atom. The van der Waals surface area contributed by atoms with Crippen molar-refractivity contribution in [2.45, 2.75) is 19.6 Å². The maximum atomic E-state index is 13.4. The van der Waals surface area contributed by atoms with Crippen LogP contribution in [0.3, 0.4) is 0 Å². The van der Waals surface area contributed by atoms with E-state index < -0.39 is 0 Å². The number of hydrogen-bond acceptors (Lipinski definition) is 4. The highest BCUT2D eigenvalue weighted by Crippen LogP contribution is 2.35. The Bertz CT molecular complexity index is 1360. The van der Waals surface area contributed by atoms with Crippen molar-refractivity contribution in [3.05, 3.63) is 103 Å². The van der Waals surface area contributed by atoms with Crippen LogP contribution in [-0.4, -0.2) is 22.3 Å². The standard InChI is InChI=1S/C26H21Cl2N3O2S/c1-16(17-6-3-2-4-7-17)29-26(32)24-21-15-33-14-18(12-20-8-5-11-34-20)25(21)31(30-24)23-10-9-19(27)13-22(23)28/h2-13,16H,14-15H2,1H3,(H,29,32)/t16-/m1/s1. The number of ether oxygens (including phenoxy) is 1. The largest absolute Gasteiger partial charge is 0.372 e. The van der Waals surface area contributed by atoms with Crippen LogP contribution in [0.15, 0.2) is 66.0 Å². The first-order chi connectivity index (χ1) is 16.5. The monoisotopic (exact) mass is 509 g/mol. The average Bonchev–Trinajstić information content (AvgIpc) is 3.48. The summed E-state index contributed by atoms with van der Waals surface area (Å²) in [5.74, 6) is -0.266. The third-order valence-corrected chi connectivity index (χ3v) is 7.01. The minimum atomic E-state index is -0.266. The Hall–Kier alpha value is -2.90. The van der Waals surface area contributed by atoms with E-state index >= 15 is 0 Å². The molecule has 1 amide bonds. The van der Waals surface area contributed by atoms with Crippen LogP contribution in [0.25, 0.3) is 17.3 Å². The van der Waals surface area contributed by atoms with Crippen LogP contribution >= 0.6 is 34.5 Å². The SMILES string of the molecule is C[C@@H](NC(=O)c1nn(-c2ccc(Cl)cc2Cl)c2c1COCC2=Cc1cccs1)c1ccccc1. The number of amides is 1. The summed E-state index contributed by atoms with van der Waals surface area (Å²) in [6, 6.07) is 18.9. The average molecular weight is 510 g/mol. The van der Waals surface area contributed by atoms with Gasteiger partial charge in [0.25, 0.3) is 5.91 Å². The second-order valence-electron chi connectivity index (χ2n) is 7.97. The van der Waals surface area contributed by atoms with Gasteiger partial charge in [-0.1, -0.05) is 59.6 Å². The summed E-state index contributed by atoms with van der Waals surface area (Å²) >= 11 is 14.3. The predicted molar refractivity (Wildman–Crippen MR) is 138 cm³/mol. The lowest BCUT2D eigenvalue weighted by molar-refractivity contribution is 0.0926. The number of nitrogens with zero attached hydrogens (tertiary/aromatic N) is 2. The molecule has 0 aliphatic carbocycles. The zero-order valence-electron chi connectivity index (χ0n) is 18.3. The second kappa shape index (κ2) is 9.76. The molecule has 34 heavy (non-hydrogen) atoms. The van der Waals surface area contributed by atoms with Gasteiger partial charge in [-0.3, -0.25) is 4.79 Å². The Morgan fingerprint density at radius 3 is 2.71 bits per heavy atom. The van der Waals surface area contributed by atoms with Gasteiger partial charge in [0.1, 0.15) is 0 Å². The van der Waals surface area contributed by atoms with Gasteiger partial charge in [0.05, 0.1) is 35.7 Å². The maximum absolute atomic E-state index is 13.4. The highest BCUT2D eigenvalue weighted by atomic mass is 35.5. The summed E-state index contributed by atoms with van der Waals surface area (Å²) < 4.78 is 7.62. The fourth-order valence-corrected chi connectivity index (χ4v) is 5.17. The third kappa shape index (κ3) is 4.55. The lowest BCUT2D eigenvalue weighted by Crippen LogP contribution is -2.28. The van der Waals surface area contributed by atoms with Gasteiger partial charge in [-0.05, 0) is 48.2 Å². The van der Waals surface area contributed by atoms with Crippen molar-refractivity contribution in [2.75, 3.05) is 6.61 Å². The Labute approximate surface area is 211 Å². The summed E-state index contributed by atoms with van der Waals surface area (Å²) in [5.41, 5.74) is 4.47. The highest BCUT2D eigenvalue weighted by molar-refractivity contribution is 7.10. The topological polar surface area (TPSA) is 56.2 Å². The van der Waals surface area contributed by atoms with Crippen LogP contribution in [0.2, 0.25) is 10.0 Å². The molecule has 0 fully saturated rings. The minimum absolute atomic E-state index is 0.181. The van der Waals surface area contributed by atoms with E-state index in [-0.39, 0.29) is 18.6 Å². The number of halogens is 2. The number of carbonyl (C=O) groups is 1. The molecule has 0 saturated heterocycles. The van der Waals surface area contributed by atoms with Gasteiger partial charge in [0.2, 0.25) is 0 Å². The van der Waals surface area contributed by atoms with E-state index in [0.29, 0.717) is 28.0 Å². The van der Waals surface area contributed by atoms with Crippen molar-refractivity contribution in [2.24, 2.45) is 0 Å². The quantitative estimate of drug-likeness (QED) is 0.321. The van der Waals surface area contributed by atoms with Crippen LogP contribution in [0.4, 0.5) is 0 Å². The van der Waals surface area contributed by atoms with Gasteiger partial charge in [-0.2, -0.15) is 5.10 Å². The van der Waals surface area contributed by atoms with Gasteiger partial charge in [0, 0.05) is 21.0 Å². The van der Waals surface area contributed by atoms with Crippen LogP contribution in [0, 0.1) is 0 Å². The van der Waals surface area contributed by atoms with E-state index in [1.807, 2.05) is 60.8 Å². The zero-order valence-corrected chi connectivity index (χ0v) is 20.6. The first-order valence-corrected chi connectivity index (χ1v) is 12.4. The Balaban J connectivity index is 1.61. The number of fused-ring (bicyclic) bond motifs is 1. The number of thiophene rings is 1. The molecule has 0 saturated carbocycles. The molecule has 5 rings (SSSR count). The molecule has 1 N–H and O–H groups in total. The number of hydrogen-bond donors (Lipinski definition) is 1. The molecular weight excluding hydrogens is 489 g/mol. The van der Waals surface area contributed by atoms with Gasteiger partial charge < -0.3 is 10.1 Å². The fourth-order valence-electron chi connectivity index (χ4n) is 4.00.